The van der Waals surface area contributed by atoms with Crippen molar-refractivity contribution in [2.45, 2.75) is 13.3 Å². The second-order valence-electron chi connectivity index (χ2n) is 3.64. The third-order valence-electron chi connectivity index (χ3n) is 2.25. The van der Waals surface area contributed by atoms with E-state index in [4.69, 9.17) is 23.2 Å². The molecule has 0 N–H and O–H groups in total. The lowest BCUT2D eigenvalue weighted by molar-refractivity contribution is 0.612. The van der Waals surface area contributed by atoms with Gasteiger partial charge in [0.25, 0.3) is 0 Å². The highest BCUT2D eigenvalue weighted by atomic mass is 35.5. The molecule has 2 aromatic rings. The number of hydrogen-bond acceptors (Lipinski definition) is 2. The molecule has 0 aliphatic carbocycles. The summed E-state index contributed by atoms with van der Waals surface area (Å²) < 4.78 is 13.7. The average molecular weight is 271 g/mol. The number of aryl methyl sites for hydroxylation is 1. The first kappa shape index (κ1) is 12.3. The van der Waals surface area contributed by atoms with Crippen LogP contribution in [0.5, 0.6) is 0 Å². The van der Waals surface area contributed by atoms with Crippen LogP contribution < -0.4 is 0 Å². The van der Waals surface area contributed by atoms with E-state index in [0.717, 1.165) is 5.69 Å². The van der Waals surface area contributed by atoms with Gasteiger partial charge in [0, 0.05) is 12.1 Å². The fourth-order valence-electron chi connectivity index (χ4n) is 1.52. The van der Waals surface area contributed by atoms with Gasteiger partial charge in [0.05, 0.1) is 5.02 Å². The van der Waals surface area contributed by atoms with Gasteiger partial charge in [0.1, 0.15) is 16.8 Å². The Balaban J connectivity index is 2.34. The summed E-state index contributed by atoms with van der Waals surface area (Å²) in [6, 6.07) is 6.50. The quantitative estimate of drug-likeness (QED) is 0.776. The van der Waals surface area contributed by atoms with E-state index in [1.54, 1.807) is 18.2 Å². The second kappa shape index (κ2) is 4.98. The van der Waals surface area contributed by atoms with Crippen molar-refractivity contribution in [3.63, 3.8) is 0 Å². The summed E-state index contributed by atoms with van der Waals surface area (Å²) in [6.45, 7) is 1.81. The van der Waals surface area contributed by atoms with Crippen LogP contribution in [-0.4, -0.2) is 9.97 Å². The fraction of sp³-hybridized carbons (Fsp3) is 0.167. The van der Waals surface area contributed by atoms with Crippen molar-refractivity contribution >= 4 is 23.2 Å². The molecular formula is C12H9Cl2FN2. The Morgan fingerprint density at radius 2 is 2.00 bits per heavy atom. The van der Waals surface area contributed by atoms with Gasteiger partial charge in [-0.1, -0.05) is 35.3 Å². The summed E-state index contributed by atoms with van der Waals surface area (Å²) in [6.07, 6.45) is 0.272. The third kappa shape index (κ3) is 2.93. The minimum atomic E-state index is -0.435. The Hall–Kier alpha value is -1.19. The molecule has 0 unspecified atom stereocenters. The zero-order valence-electron chi connectivity index (χ0n) is 9.04. The van der Waals surface area contributed by atoms with Gasteiger partial charge in [-0.15, -0.1) is 0 Å². The Morgan fingerprint density at radius 1 is 1.24 bits per heavy atom. The summed E-state index contributed by atoms with van der Waals surface area (Å²) in [4.78, 5) is 8.24. The van der Waals surface area contributed by atoms with Crippen molar-refractivity contribution in [2.75, 3.05) is 0 Å². The van der Waals surface area contributed by atoms with Crippen molar-refractivity contribution in [1.82, 2.24) is 9.97 Å². The van der Waals surface area contributed by atoms with Gasteiger partial charge >= 0.3 is 0 Å². The van der Waals surface area contributed by atoms with E-state index < -0.39 is 5.82 Å². The zero-order valence-corrected chi connectivity index (χ0v) is 10.6. The van der Waals surface area contributed by atoms with Crippen LogP contribution in [0.2, 0.25) is 10.2 Å². The van der Waals surface area contributed by atoms with Crippen LogP contribution in [0.4, 0.5) is 4.39 Å². The Bertz CT molecular complexity index is 538. The lowest BCUT2D eigenvalue weighted by Gasteiger charge is -2.04. The van der Waals surface area contributed by atoms with Crippen molar-refractivity contribution in [3.05, 3.63) is 57.3 Å². The number of rotatable bonds is 2. The van der Waals surface area contributed by atoms with Crippen LogP contribution in [-0.2, 0) is 6.42 Å². The summed E-state index contributed by atoms with van der Waals surface area (Å²) in [5.74, 6) is 0.0477. The van der Waals surface area contributed by atoms with Gasteiger partial charge in [-0.3, -0.25) is 0 Å². The molecule has 0 atom stereocenters. The van der Waals surface area contributed by atoms with Gasteiger partial charge < -0.3 is 0 Å². The lowest BCUT2D eigenvalue weighted by atomic mass is 10.1. The second-order valence-corrected chi connectivity index (χ2v) is 4.43. The number of nitrogens with zero attached hydrogens (tertiary/aromatic N) is 2. The van der Waals surface area contributed by atoms with Crippen molar-refractivity contribution in [3.8, 4) is 0 Å². The average Bonchev–Trinajstić information content (AvgIpc) is 2.23. The van der Waals surface area contributed by atoms with E-state index in [2.05, 4.69) is 9.97 Å². The standard InChI is InChI=1S/C12H9Cl2FN2/c1-7-5-10(14)17-11(16-7)6-8-3-2-4-9(13)12(8)15/h2-5H,6H2,1H3. The van der Waals surface area contributed by atoms with E-state index in [0.29, 0.717) is 16.5 Å². The fourth-order valence-corrected chi connectivity index (χ4v) is 1.97. The maximum atomic E-state index is 13.7. The zero-order chi connectivity index (χ0) is 12.4. The van der Waals surface area contributed by atoms with Gasteiger partial charge in [-0.25, -0.2) is 14.4 Å². The first-order chi connectivity index (χ1) is 8.06. The molecule has 1 aromatic carbocycles. The maximum Gasteiger partial charge on any atom is 0.145 e. The summed E-state index contributed by atoms with van der Waals surface area (Å²) >= 11 is 11.5. The molecule has 1 aromatic heterocycles. The molecule has 0 bridgehead atoms. The normalized spacial score (nSPS) is 10.6. The van der Waals surface area contributed by atoms with Crippen LogP contribution in [0.3, 0.4) is 0 Å². The number of aromatic nitrogens is 2. The third-order valence-corrected chi connectivity index (χ3v) is 2.73. The predicted molar refractivity (Wildman–Crippen MR) is 66.0 cm³/mol. The van der Waals surface area contributed by atoms with E-state index in [9.17, 15) is 4.39 Å². The van der Waals surface area contributed by atoms with Crippen molar-refractivity contribution < 1.29 is 4.39 Å². The minimum Gasteiger partial charge on any atom is -0.238 e. The molecule has 5 heteroatoms. The van der Waals surface area contributed by atoms with Crippen LogP contribution in [0.15, 0.2) is 24.3 Å². The van der Waals surface area contributed by atoms with Crippen LogP contribution in [0.1, 0.15) is 17.1 Å². The first-order valence-corrected chi connectivity index (χ1v) is 5.75. The van der Waals surface area contributed by atoms with Crippen molar-refractivity contribution in [1.29, 1.82) is 0 Å². The highest BCUT2D eigenvalue weighted by Crippen LogP contribution is 2.20. The molecule has 0 saturated carbocycles. The van der Waals surface area contributed by atoms with E-state index in [1.807, 2.05) is 6.92 Å². The van der Waals surface area contributed by atoms with Gasteiger partial charge in [0.2, 0.25) is 0 Å². The Kier molecular flexibility index (Phi) is 3.60. The number of hydrogen-bond donors (Lipinski definition) is 0. The SMILES string of the molecule is Cc1cc(Cl)nc(Cc2cccc(Cl)c2F)n1. The molecule has 0 aliphatic heterocycles. The topological polar surface area (TPSA) is 25.8 Å². The van der Waals surface area contributed by atoms with E-state index in [-0.39, 0.29) is 11.4 Å². The van der Waals surface area contributed by atoms with Gasteiger partial charge in [0.15, 0.2) is 0 Å². The largest absolute Gasteiger partial charge is 0.238 e. The molecular weight excluding hydrogens is 262 g/mol. The molecule has 0 amide bonds. The van der Waals surface area contributed by atoms with Crippen LogP contribution in [0.25, 0.3) is 0 Å². The Morgan fingerprint density at radius 3 is 2.71 bits per heavy atom. The molecule has 0 saturated heterocycles. The summed E-state index contributed by atoms with van der Waals surface area (Å²) in [5.41, 5.74) is 1.21. The van der Waals surface area contributed by atoms with Crippen LogP contribution >= 0.6 is 23.2 Å². The monoisotopic (exact) mass is 270 g/mol. The minimum absolute atomic E-state index is 0.0984. The summed E-state index contributed by atoms with van der Waals surface area (Å²) in [7, 11) is 0. The molecule has 2 rings (SSSR count). The molecule has 17 heavy (non-hydrogen) atoms. The van der Waals surface area contributed by atoms with E-state index in [1.165, 1.54) is 6.07 Å². The predicted octanol–water partition coefficient (Wildman–Crippen LogP) is 3.82. The first-order valence-electron chi connectivity index (χ1n) is 4.99. The Labute approximate surface area is 108 Å². The molecule has 88 valence electrons. The molecule has 2 nitrogen and oxygen atoms in total. The molecule has 0 fully saturated rings. The maximum absolute atomic E-state index is 13.7. The van der Waals surface area contributed by atoms with Gasteiger partial charge in [-0.2, -0.15) is 0 Å². The summed E-state index contributed by atoms with van der Waals surface area (Å²) in [5, 5.41) is 0.455. The van der Waals surface area contributed by atoms with Crippen LogP contribution in [0, 0.1) is 12.7 Å². The molecule has 0 spiro atoms. The smallest absolute Gasteiger partial charge is 0.145 e. The molecule has 1 heterocycles. The number of benzene rings is 1. The lowest BCUT2D eigenvalue weighted by Crippen LogP contribution is -2.00. The van der Waals surface area contributed by atoms with Crippen molar-refractivity contribution in [2.24, 2.45) is 0 Å². The highest BCUT2D eigenvalue weighted by Gasteiger charge is 2.09. The highest BCUT2D eigenvalue weighted by molar-refractivity contribution is 6.30. The van der Waals surface area contributed by atoms with Gasteiger partial charge in [-0.05, 0) is 24.6 Å². The van der Waals surface area contributed by atoms with E-state index >= 15 is 0 Å². The molecule has 0 aliphatic rings. The number of halogens is 3. The molecule has 0 radical (unpaired) electrons.